The molecule has 0 aromatic carbocycles. The first-order chi connectivity index (χ1) is 11.7. The van der Waals surface area contributed by atoms with E-state index in [1.807, 2.05) is 0 Å². The Hall–Kier alpha value is -1.80. The molecule has 3 rings (SSSR count). The molecule has 4 amide bonds. The lowest BCUT2D eigenvalue weighted by Gasteiger charge is -2.31. The molecule has 13 heteroatoms. The molecule has 0 saturated carbocycles. The second-order valence-electron chi connectivity index (χ2n) is 6.25. The minimum absolute atomic E-state index is 0.0395. The Morgan fingerprint density at radius 3 is 2.60 bits per heavy atom. The molecule has 3 heterocycles. The van der Waals surface area contributed by atoms with Crippen molar-refractivity contribution in [2.24, 2.45) is 11.8 Å². The number of carbonyl (C=O) groups excluding carboxylic acids is 3. The standard InChI is InChI=1S/C12H19N5O7S/c13-16(10(18)7-3-4-14-5-7)11(19)9-2-1-8-6-15(9)12(20)17(8)24-25(21,22)23/h7-9,14H,1-6,13H2,(H,21,22,23)/t7?,8-,9+/m1/s1. The number of nitrogens with two attached hydrogens (primary N) is 1. The summed E-state index contributed by atoms with van der Waals surface area (Å²) in [4.78, 5) is 38.2. The van der Waals surface area contributed by atoms with Crippen LogP contribution in [-0.2, 0) is 24.3 Å². The summed E-state index contributed by atoms with van der Waals surface area (Å²) < 4.78 is 34.8. The predicted octanol–water partition coefficient (Wildman–Crippen LogP) is -2.17. The minimum Gasteiger partial charge on any atom is -0.316 e. The highest BCUT2D eigenvalue weighted by molar-refractivity contribution is 7.80. The molecular weight excluding hydrogens is 358 g/mol. The van der Waals surface area contributed by atoms with Crippen LogP contribution in [0.4, 0.5) is 4.79 Å². The molecule has 2 bridgehead atoms. The van der Waals surface area contributed by atoms with E-state index < -0.39 is 40.3 Å². The highest BCUT2D eigenvalue weighted by Gasteiger charge is 2.50. The van der Waals surface area contributed by atoms with Crippen LogP contribution in [0.2, 0.25) is 0 Å². The highest BCUT2D eigenvalue weighted by Crippen LogP contribution is 2.31. The van der Waals surface area contributed by atoms with Crippen molar-refractivity contribution in [3.05, 3.63) is 0 Å². The number of hydrazine groups is 1. The molecule has 25 heavy (non-hydrogen) atoms. The molecule has 0 aromatic rings. The normalized spacial score (nSPS) is 29.2. The zero-order valence-corrected chi connectivity index (χ0v) is 14.0. The molecule has 0 spiro atoms. The highest BCUT2D eigenvalue weighted by atomic mass is 32.3. The number of nitrogens with one attached hydrogen (secondary N) is 1. The zero-order valence-electron chi connectivity index (χ0n) is 13.2. The minimum atomic E-state index is -4.86. The van der Waals surface area contributed by atoms with Gasteiger partial charge in [0.15, 0.2) is 0 Å². The molecule has 3 aliphatic heterocycles. The fourth-order valence-corrected chi connectivity index (χ4v) is 3.81. The largest absolute Gasteiger partial charge is 0.418 e. The van der Waals surface area contributed by atoms with Gasteiger partial charge in [0.2, 0.25) is 5.91 Å². The number of amides is 4. The quantitative estimate of drug-likeness (QED) is 0.163. The Bertz CT molecular complexity index is 692. The fraction of sp³-hybridized carbons (Fsp3) is 0.750. The number of nitrogens with zero attached hydrogens (tertiary/aromatic N) is 3. The number of hydrogen-bond acceptors (Lipinski definition) is 8. The van der Waals surface area contributed by atoms with Crippen LogP contribution >= 0.6 is 0 Å². The van der Waals surface area contributed by atoms with E-state index in [1.54, 1.807) is 0 Å². The molecule has 12 nitrogen and oxygen atoms in total. The van der Waals surface area contributed by atoms with E-state index >= 15 is 0 Å². The van der Waals surface area contributed by atoms with Gasteiger partial charge in [-0.3, -0.25) is 14.1 Å². The smallest absolute Gasteiger partial charge is 0.316 e. The lowest BCUT2D eigenvalue weighted by molar-refractivity contribution is -0.150. The van der Waals surface area contributed by atoms with Crippen LogP contribution in [0, 0.1) is 5.92 Å². The van der Waals surface area contributed by atoms with E-state index in [0.717, 1.165) is 4.90 Å². The van der Waals surface area contributed by atoms with Crippen LogP contribution in [0.25, 0.3) is 0 Å². The van der Waals surface area contributed by atoms with E-state index in [-0.39, 0.29) is 25.3 Å². The molecule has 0 radical (unpaired) electrons. The summed E-state index contributed by atoms with van der Waals surface area (Å²) in [6.07, 6.45) is 1.04. The second kappa shape index (κ2) is 6.49. The zero-order chi connectivity index (χ0) is 18.4. The lowest BCUT2D eigenvalue weighted by atomic mass is 9.99. The molecule has 3 atom stereocenters. The van der Waals surface area contributed by atoms with E-state index in [1.165, 1.54) is 0 Å². The number of carbonyl (C=O) groups is 3. The van der Waals surface area contributed by atoms with Crippen LogP contribution in [0.1, 0.15) is 19.3 Å². The molecule has 0 aliphatic carbocycles. The Kier molecular flexibility index (Phi) is 4.68. The Morgan fingerprint density at radius 2 is 2.00 bits per heavy atom. The van der Waals surface area contributed by atoms with Crippen molar-refractivity contribution < 1.29 is 31.6 Å². The van der Waals surface area contributed by atoms with Gasteiger partial charge in [0.1, 0.15) is 6.04 Å². The topological polar surface area (TPSA) is 163 Å². The molecule has 3 aliphatic rings. The summed E-state index contributed by atoms with van der Waals surface area (Å²) >= 11 is 0. The van der Waals surface area contributed by atoms with Crippen LogP contribution in [0.5, 0.6) is 0 Å². The van der Waals surface area contributed by atoms with E-state index in [2.05, 4.69) is 9.60 Å². The van der Waals surface area contributed by atoms with Crippen molar-refractivity contribution in [3.63, 3.8) is 0 Å². The first kappa shape index (κ1) is 18.0. The average Bonchev–Trinajstić information content (AvgIpc) is 3.16. The van der Waals surface area contributed by atoms with Gasteiger partial charge in [-0.25, -0.2) is 15.6 Å². The number of piperidine rings is 1. The maximum absolute atomic E-state index is 12.6. The molecule has 140 valence electrons. The number of urea groups is 1. The van der Waals surface area contributed by atoms with Gasteiger partial charge >= 0.3 is 16.4 Å². The van der Waals surface area contributed by atoms with Gasteiger partial charge in [-0.2, -0.15) is 13.5 Å². The third-order valence-electron chi connectivity index (χ3n) is 4.67. The second-order valence-corrected chi connectivity index (χ2v) is 7.25. The van der Waals surface area contributed by atoms with Crippen LogP contribution < -0.4 is 11.2 Å². The third kappa shape index (κ3) is 3.46. The lowest BCUT2D eigenvalue weighted by Crippen LogP contribution is -2.56. The van der Waals surface area contributed by atoms with Crippen molar-refractivity contribution in [1.29, 1.82) is 0 Å². The van der Waals surface area contributed by atoms with Gasteiger partial charge in [-0.1, -0.05) is 0 Å². The summed E-state index contributed by atoms with van der Waals surface area (Å²) in [5.41, 5.74) is 0. The molecular formula is C12H19N5O7S. The summed E-state index contributed by atoms with van der Waals surface area (Å²) in [6.45, 7) is 1.14. The van der Waals surface area contributed by atoms with Gasteiger partial charge < -0.3 is 10.2 Å². The molecule has 1 unspecified atom stereocenters. The van der Waals surface area contributed by atoms with Crippen LogP contribution in [-0.4, -0.2) is 77.5 Å². The Balaban J connectivity index is 1.70. The molecule has 3 fully saturated rings. The Morgan fingerprint density at radius 1 is 1.28 bits per heavy atom. The summed E-state index contributed by atoms with van der Waals surface area (Å²) in [5.74, 6) is 4.04. The number of imide groups is 1. The van der Waals surface area contributed by atoms with Gasteiger partial charge in [0.25, 0.3) is 5.91 Å². The Labute approximate surface area is 143 Å². The van der Waals surface area contributed by atoms with Gasteiger partial charge in [0, 0.05) is 13.1 Å². The monoisotopic (exact) mass is 377 g/mol. The fourth-order valence-electron chi connectivity index (χ4n) is 3.42. The average molecular weight is 377 g/mol. The van der Waals surface area contributed by atoms with Crippen molar-refractivity contribution >= 4 is 28.2 Å². The maximum Gasteiger partial charge on any atom is 0.418 e. The van der Waals surface area contributed by atoms with E-state index in [9.17, 15) is 22.8 Å². The number of fused-ring (bicyclic) bond motifs is 2. The first-order valence-corrected chi connectivity index (χ1v) is 9.15. The predicted molar refractivity (Wildman–Crippen MR) is 80.4 cm³/mol. The maximum atomic E-state index is 12.6. The number of rotatable bonds is 4. The van der Waals surface area contributed by atoms with Gasteiger partial charge in [0.05, 0.1) is 12.0 Å². The number of hydroxylamine groups is 2. The summed E-state index contributed by atoms with van der Waals surface area (Å²) in [6, 6.07) is -2.47. The molecule has 4 N–H and O–H groups in total. The van der Waals surface area contributed by atoms with Gasteiger partial charge in [-0.15, -0.1) is 4.28 Å². The third-order valence-corrected chi connectivity index (χ3v) is 5.02. The van der Waals surface area contributed by atoms with Crippen molar-refractivity contribution in [3.8, 4) is 0 Å². The first-order valence-electron chi connectivity index (χ1n) is 7.79. The summed E-state index contributed by atoms with van der Waals surface area (Å²) in [5, 5.41) is 4.08. The van der Waals surface area contributed by atoms with Crippen LogP contribution in [0.3, 0.4) is 0 Å². The van der Waals surface area contributed by atoms with Crippen molar-refractivity contribution in [2.45, 2.75) is 31.3 Å². The molecule has 0 aromatic heterocycles. The summed E-state index contributed by atoms with van der Waals surface area (Å²) in [7, 11) is -4.86. The van der Waals surface area contributed by atoms with Gasteiger partial charge in [-0.05, 0) is 25.8 Å². The number of hydrogen-bond donors (Lipinski definition) is 3. The SMILES string of the molecule is NN(C(=O)C1CCNC1)C(=O)[C@@H]1CC[C@@H]2CN1C(=O)N2OS(=O)(=O)O. The molecule has 3 saturated heterocycles. The van der Waals surface area contributed by atoms with Crippen molar-refractivity contribution in [1.82, 2.24) is 20.3 Å². The van der Waals surface area contributed by atoms with Crippen LogP contribution in [0.15, 0.2) is 0 Å². The van der Waals surface area contributed by atoms with E-state index in [0.29, 0.717) is 29.6 Å². The van der Waals surface area contributed by atoms with Crippen molar-refractivity contribution in [2.75, 3.05) is 19.6 Å². The van der Waals surface area contributed by atoms with E-state index in [4.69, 9.17) is 10.4 Å².